The highest BCUT2D eigenvalue weighted by molar-refractivity contribution is 9.10. The fourth-order valence-electron chi connectivity index (χ4n) is 2.95. The number of halogens is 2. The summed E-state index contributed by atoms with van der Waals surface area (Å²) in [5.74, 6) is 0.0200. The monoisotopic (exact) mass is 459 g/mol. The average Bonchev–Trinajstić information content (AvgIpc) is 2.75. The number of phenolic OH excluding ortho intramolecular Hbond substituents is 2. The van der Waals surface area contributed by atoms with Crippen molar-refractivity contribution in [3.63, 3.8) is 0 Å². The van der Waals surface area contributed by atoms with Crippen LogP contribution < -0.4 is 5.32 Å². The van der Waals surface area contributed by atoms with Crippen LogP contribution >= 0.6 is 44.7 Å². The van der Waals surface area contributed by atoms with Crippen LogP contribution in [0.15, 0.2) is 39.7 Å². The minimum Gasteiger partial charge on any atom is -0.504 e. The topological polar surface area (TPSA) is 52.5 Å². The van der Waals surface area contributed by atoms with Crippen molar-refractivity contribution in [2.24, 2.45) is 0 Å². The largest absolute Gasteiger partial charge is 0.504 e. The van der Waals surface area contributed by atoms with Gasteiger partial charge in [0.25, 0.3) is 0 Å². The van der Waals surface area contributed by atoms with Gasteiger partial charge in [-0.2, -0.15) is 0 Å². The van der Waals surface area contributed by atoms with Crippen LogP contribution in [0.2, 0.25) is 0 Å². The Bertz CT molecular complexity index is 692. The molecule has 2 aromatic rings. The molecule has 124 valence electrons. The Labute approximate surface area is 159 Å². The van der Waals surface area contributed by atoms with Gasteiger partial charge in [-0.3, -0.25) is 0 Å². The predicted octanol–water partition coefficient (Wildman–Crippen LogP) is 4.44. The molecule has 0 fully saturated rings. The van der Waals surface area contributed by atoms with Crippen molar-refractivity contribution in [3.05, 3.63) is 51.5 Å². The minimum atomic E-state index is -0.0721. The van der Waals surface area contributed by atoms with Gasteiger partial charge in [0, 0.05) is 17.4 Å². The lowest BCUT2D eigenvalue weighted by Gasteiger charge is -2.20. The molecule has 23 heavy (non-hydrogen) atoms. The summed E-state index contributed by atoms with van der Waals surface area (Å²) in [5.41, 5.74) is 3.36. The van der Waals surface area contributed by atoms with Gasteiger partial charge in [-0.1, -0.05) is 12.1 Å². The van der Waals surface area contributed by atoms with E-state index in [2.05, 4.69) is 51.8 Å². The van der Waals surface area contributed by atoms with Gasteiger partial charge in [0.05, 0.1) is 4.47 Å². The molecule has 1 unspecified atom stereocenters. The highest BCUT2D eigenvalue weighted by Crippen LogP contribution is 2.43. The van der Waals surface area contributed by atoms with Gasteiger partial charge >= 0.3 is 0 Å². The molecule has 3 rings (SSSR count). The molecule has 0 saturated carbocycles. The van der Waals surface area contributed by atoms with Crippen LogP contribution in [0, 0.1) is 0 Å². The van der Waals surface area contributed by atoms with Crippen molar-refractivity contribution in [1.82, 2.24) is 5.32 Å². The Hall–Kier alpha value is -0.690. The Balaban J connectivity index is 0.00000192. The number of rotatable bonds is 2. The molecule has 1 aliphatic rings. The van der Waals surface area contributed by atoms with Crippen LogP contribution in [0.3, 0.4) is 0 Å². The molecule has 0 bridgehead atoms. The average molecular weight is 461 g/mol. The molecule has 0 aromatic heterocycles. The molecule has 0 saturated heterocycles. The Kier molecular flexibility index (Phi) is 6.42. The third-order valence-electron chi connectivity index (χ3n) is 4.15. The number of nitrogens with one attached hydrogen (secondary N) is 1. The number of benzene rings is 2. The molecule has 1 heterocycles. The van der Waals surface area contributed by atoms with Crippen molar-refractivity contribution < 1.29 is 10.2 Å². The third kappa shape index (κ3) is 3.71. The molecule has 0 radical (unpaired) electrons. The lowest BCUT2D eigenvalue weighted by Crippen LogP contribution is -2.20. The summed E-state index contributed by atoms with van der Waals surface area (Å²) in [4.78, 5) is 1.24. The summed E-state index contributed by atoms with van der Waals surface area (Å²) in [5, 5.41) is 23.4. The third-order valence-corrected chi connectivity index (χ3v) is 5.75. The van der Waals surface area contributed by atoms with Gasteiger partial charge in [0.2, 0.25) is 0 Å². The van der Waals surface area contributed by atoms with Crippen LogP contribution in [-0.4, -0.2) is 29.6 Å². The maximum Gasteiger partial charge on any atom is 0.172 e. The molecule has 3 nitrogen and oxygen atoms in total. The van der Waals surface area contributed by atoms with Crippen molar-refractivity contribution in [3.8, 4) is 11.5 Å². The second-order valence-corrected chi connectivity index (χ2v) is 7.08. The maximum atomic E-state index is 9.99. The van der Waals surface area contributed by atoms with Gasteiger partial charge in [-0.05, 0) is 70.0 Å². The molecule has 6 heteroatoms. The summed E-state index contributed by atoms with van der Waals surface area (Å²) >= 11 is 5.16. The quantitative estimate of drug-likeness (QED) is 0.458. The first-order chi connectivity index (χ1) is 10.6. The second kappa shape index (κ2) is 7.92. The lowest BCUT2D eigenvalue weighted by molar-refractivity contribution is 0.400. The van der Waals surface area contributed by atoms with E-state index in [9.17, 15) is 10.2 Å². The van der Waals surface area contributed by atoms with Crippen molar-refractivity contribution in [1.29, 1.82) is 0 Å². The van der Waals surface area contributed by atoms with Gasteiger partial charge in [-0.15, -0.1) is 28.7 Å². The van der Waals surface area contributed by atoms with Crippen LogP contribution in [0.4, 0.5) is 0 Å². The van der Waals surface area contributed by atoms with Gasteiger partial charge < -0.3 is 15.5 Å². The molecule has 1 atom stereocenters. The van der Waals surface area contributed by atoms with E-state index in [0.717, 1.165) is 30.6 Å². The van der Waals surface area contributed by atoms with E-state index in [-0.39, 0.29) is 34.4 Å². The molecular formula is C17H19Br2NO2S. The second-order valence-electron chi connectivity index (χ2n) is 5.41. The number of phenols is 2. The van der Waals surface area contributed by atoms with Crippen LogP contribution in [-0.2, 0) is 6.42 Å². The normalized spacial score (nSPS) is 17.0. The smallest absolute Gasteiger partial charge is 0.172 e. The molecule has 0 spiro atoms. The van der Waals surface area contributed by atoms with E-state index in [0.29, 0.717) is 4.47 Å². The first kappa shape index (κ1) is 18.6. The van der Waals surface area contributed by atoms with Crippen molar-refractivity contribution in [2.45, 2.75) is 17.2 Å². The summed E-state index contributed by atoms with van der Waals surface area (Å²) < 4.78 is 0.608. The number of fused-ring (bicyclic) bond motifs is 1. The standard InChI is InChI=1S/C17H18BrNO2S.BrH/c1-22-11-4-2-10(3-5-11)14-9-19-7-6-12-13(14)8-15(20)17(21)16(12)18;/h2-5,8,14,19-21H,6-7,9H2,1H3;1H. The van der Waals surface area contributed by atoms with Crippen molar-refractivity contribution in [2.75, 3.05) is 19.3 Å². The minimum absolute atomic E-state index is 0. The fraction of sp³-hybridized carbons (Fsp3) is 0.294. The van der Waals surface area contributed by atoms with Gasteiger partial charge in [-0.25, -0.2) is 0 Å². The molecule has 0 aliphatic carbocycles. The number of aromatic hydroxyl groups is 2. The first-order valence-electron chi connectivity index (χ1n) is 7.19. The number of hydrogen-bond donors (Lipinski definition) is 3. The highest BCUT2D eigenvalue weighted by Gasteiger charge is 2.25. The van der Waals surface area contributed by atoms with Gasteiger partial charge in [0.15, 0.2) is 11.5 Å². The lowest BCUT2D eigenvalue weighted by atomic mass is 9.88. The molecular weight excluding hydrogens is 442 g/mol. The first-order valence-corrected chi connectivity index (χ1v) is 9.21. The zero-order chi connectivity index (χ0) is 15.7. The summed E-state index contributed by atoms with van der Waals surface area (Å²) in [6.07, 6.45) is 2.89. The van der Waals surface area contributed by atoms with Crippen LogP contribution in [0.25, 0.3) is 0 Å². The van der Waals surface area contributed by atoms with E-state index in [4.69, 9.17) is 0 Å². The molecule has 2 aromatic carbocycles. The SMILES string of the molecule is Br.CSc1ccc(C2CNCCc3c2cc(O)c(O)c3Br)cc1. The van der Waals surface area contributed by atoms with Gasteiger partial charge in [0.1, 0.15) is 0 Å². The van der Waals surface area contributed by atoms with Crippen molar-refractivity contribution >= 4 is 44.7 Å². The Morgan fingerprint density at radius 3 is 2.57 bits per heavy atom. The summed E-state index contributed by atoms with van der Waals surface area (Å²) in [6, 6.07) is 10.2. The zero-order valence-electron chi connectivity index (χ0n) is 12.7. The van der Waals surface area contributed by atoms with E-state index in [1.54, 1.807) is 17.8 Å². The summed E-state index contributed by atoms with van der Waals surface area (Å²) in [7, 11) is 0. The number of hydrogen-bond acceptors (Lipinski definition) is 4. The molecule has 3 N–H and O–H groups in total. The van der Waals surface area contributed by atoms with E-state index in [1.807, 2.05) is 0 Å². The van der Waals surface area contributed by atoms with E-state index >= 15 is 0 Å². The molecule has 1 aliphatic heterocycles. The highest BCUT2D eigenvalue weighted by atomic mass is 79.9. The number of thioether (sulfide) groups is 1. The van der Waals surface area contributed by atoms with Crippen LogP contribution in [0.5, 0.6) is 11.5 Å². The summed E-state index contributed by atoms with van der Waals surface area (Å²) in [6.45, 7) is 1.68. The maximum absolute atomic E-state index is 9.99. The molecule has 0 amide bonds. The zero-order valence-corrected chi connectivity index (χ0v) is 16.8. The van der Waals surface area contributed by atoms with Crippen LogP contribution in [0.1, 0.15) is 22.6 Å². The predicted molar refractivity (Wildman–Crippen MR) is 104 cm³/mol. The fourth-order valence-corrected chi connectivity index (χ4v) is 3.99. The van der Waals surface area contributed by atoms with E-state index < -0.39 is 0 Å². The Morgan fingerprint density at radius 1 is 1.22 bits per heavy atom. The van der Waals surface area contributed by atoms with E-state index in [1.165, 1.54) is 10.5 Å². The Morgan fingerprint density at radius 2 is 1.91 bits per heavy atom.